The maximum Gasteiger partial charge on any atom is 1.00 e. The van der Waals surface area contributed by atoms with Gasteiger partial charge in [0.25, 0.3) is 0 Å². The van der Waals surface area contributed by atoms with Crippen molar-refractivity contribution in [3.8, 4) is 0 Å². The van der Waals surface area contributed by atoms with Gasteiger partial charge in [-0.1, -0.05) is 19.8 Å². The van der Waals surface area contributed by atoms with Gasteiger partial charge in [0.1, 0.15) is 0 Å². The zero-order chi connectivity index (χ0) is 6.20. The van der Waals surface area contributed by atoms with Crippen LogP contribution in [-0.4, -0.2) is 0 Å². The second kappa shape index (κ2) is 3.41. The van der Waals surface area contributed by atoms with Crippen LogP contribution in [0.25, 0.3) is 0 Å². The molecule has 0 atom stereocenters. The molecule has 0 spiro atoms. The second-order valence-electron chi connectivity index (χ2n) is 3.26. The van der Waals surface area contributed by atoms with Gasteiger partial charge in [-0.3, -0.25) is 0 Å². The van der Waals surface area contributed by atoms with Gasteiger partial charge in [-0.2, -0.15) is 5.41 Å². The van der Waals surface area contributed by atoms with Crippen molar-refractivity contribution >= 4 is 0 Å². The molecule has 1 rings (SSSR count). The molecule has 0 radical (unpaired) electrons. The molecule has 0 amide bonds. The standard InChI is InChI=1S/C8H14.Na/c1-4-8(3)5-7(2)6-8;/h7H,1,3-6H2,2H3;/q-2;+1. The topological polar surface area (TPSA) is 0 Å². The summed E-state index contributed by atoms with van der Waals surface area (Å²) in [7, 11) is 0. The van der Waals surface area contributed by atoms with Gasteiger partial charge in [0.15, 0.2) is 0 Å². The first-order chi connectivity index (χ1) is 3.66. The number of hydrogen-bond acceptors (Lipinski definition) is 0. The van der Waals surface area contributed by atoms with E-state index in [9.17, 15) is 0 Å². The maximum atomic E-state index is 4.08. The van der Waals surface area contributed by atoms with Crippen molar-refractivity contribution in [2.24, 2.45) is 11.3 Å². The Labute approximate surface area is 80.7 Å². The Bertz CT molecular complexity index is 82.6. The van der Waals surface area contributed by atoms with Crippen molar-refractivity contribution in [2.45, 2.75) is 26.2 Å². The minimum absolute atomic E-state index is 0. The molecule has 0 N–H and O–H groups in total. The number of hydrogen-bond donors (Lipinski definition) is 0. The average molecular weight is 133 g/mol. The molecule has 0 saturated heterocycles. The van der Waals surface area contributed by atoms with Crippen molar-refractivity contribution in [3.63, 3.8) is 0 Å². The fourth-order valence-electron chi connectivity index (χ4n) is 1.62. The molecule has 1 saturated carbocycles. The summed E-state index contributed by atoms with van der Waals surface area (Å²) in [6.07, 6.45) is 3.59. The van der Waals surface area contributed by atoms with Crippen LogP contribution < -0.4 is 29.6 Å². The molecule has 0 unspecified atom stereocenters. The Morgan fingerprint density at radius 1 is 1.56 bits per heavy atom. The van der Waals surface area contributed by atoms with Crippen LogP contribution in [0.15, 0.2) is 0 Å². The molecule has 0 aromatic carbocycles. The van der Waals surface area contributed by atoms with Crippen LogP contribution in [0.2, 0.25) is 0 Å². The summed E-state index contributed by atoms with van der Waals surface area (Å²) in [6, 6.07) is 0. The minimum Gasteiger partial charge on any atom is -0.345 e. The fraction of sp³-hybridized carbons (Fsp3) is 0.750. The van der Waals surface area contributed by atoms with Crippen molar-refractivity contribution < 1.29 is 29.6 Å². The first-order valence-electron chi connectivity index (χ1n) is 3.31. The molecule has 1 aliphatic rings. The Morgan fingerprint density at radius 2 is 2.00 bits per heavy atom. The van der Waals surface area contributed by atoms with Crippen LogP contribution in [0.1, 0.15) is 26.2 Å². The van der Waals surface area contributed by atoms with Crippen molar-refractivity contribution in [1.82, 2.24) is 0 Å². The Balaban J connectivity index is 0.000000640. The van der Waals surface area contributed by atoms with E-state index in [1.165, 1.54) is 12.8 Å². The first kappa shape index (κ1) is 10.0. The molecule has 9 heavy (non-hydrogen) atoms. The Morgan fingerprint density at radius 3 is 2.11 bits per heavy atom. The van der Waals surface area contributed by atoms with E-state index in [1.807, 2.05) is 0 Å². The summed E-state index contributed by atoms with van der Waals surface area (Å²) in [5.41, 5.74) is 0.374. The predicted octanol–water partition coefficient (Wildman–Crippen LogP) is -0.535. The molecule has 0 nitrogen and oxygen atoms in total. The van der Waals surface area contributed by atoms with Gasteiger partial charge < -0.3 is 13.8 Å². The van der Waals surface area contributed by atoms with Gasteiger partial charge >= 0.3 is 29.6 Å². The van der Waals surface area contributed by atoms with Gasteiger partial charge in [0.05, 0.1) is 0 Å². The summed E-state index contributed by atoms with van der Waals surface area (Å²) < 4.78 is 0. The third kappa shape index (κ3) is 2.25. The summed E-state index contributed by atoms with van der Waals surface area (Å²) in [5, 5.41) is 0. The number of rotatable bonds is 1. The smallest absolute Gasteiger partial charge is 0.345 e. The van der Waals surface area contributed by atoms with E-state index >= 15 is 0 Å². The van der Waals surface area contributed by atoms with E-state index in [0.717, 1.165) is 12.3 Å². The third-order valence-electron chi connectivity index (χ3n) is 2.09. The van der Waals surface area contributed by atoms with Gasteiger partial charge in [0, 0.05) is 0 Å². The average Bonchev–Trinajstić information content (AvgIpc) is 1.63. The zero-order valence-corrected chi connectivity index (χ0v) is 8.61. The van der Waals surface area contributed by atoms with Gasteiger partial charge in [0.2, 0.25) is 0 Å². The molecule has 0 aromatic rings. The summed E-state index contributed by atoms with van der Waals surface area (Å²) in [6.45, 7) is 10.2. The van der Waals surface area contributed by atoms with Crippen LogP contribution in [0.5, 0.6) is 0 Å². The molecule has 0 bridgehead atoms. The molecule has 1 fully saturated rings. The normalized spacial score (nSPS) is 41.0. The largest absolute Gasteiger partial charge is 1.00 e. The monoisotopic (exact) mass is 133 g/mol. The maximum absolute atomic E-state index is 4.08. The van der Waals surface area contributed by atoms with E-state index in [0.29, 0.717) is 5.41 Å². The SMILES string of the molecule is [CH2-]CC1([CH2-])CC(C)C1.[Na+]. The third-order valence-corrected chi connectivity index (χ3v) is 2.09. The molecule has 0 heterocycles. The fourth-order valence-corrected chi connectivity index (χ4v) is 1.62. The summed E-state index contributed by atoms with van der Waals surface area (Å²) >= 11 is 0. The van der Waals surface area contributed by atoms with E-state index in [4.69, 9.17) is 0 Å². The molecule has 1 heteroatoms. The van der Waals surface area contributed by atoms with Crippen LogP contribution in [0, 0.1) is 25.2 Å². The van der Waals surface area contributed by atoms with Crippen LogP contribution in [-0.2, 0) is 0 Å². The van der Waals surface area contributed by atoms with Crippen LogP contribution in [0.4, 0.5) is 0 Å². The zero-order valence-electron chi connectivity index (χ0n) is 6.61. The van der Waals surface area contributed by atoms with Crippen molar-refractivity contribution in [3.05, 3.63) is 13.8 Å². The van der Waals surface area contributed by atoms with Crippen molar-refractivity contribution in [2.75, 3.05) is 0 Å². The van der Waals surface area contributed by atoms with Gasteiger partial charge in [-0.15, -0.1) is 0 Å². The van der Waals surface area contributed by atoms with E-state index < -0.39 is 0 Å². The molecular formula is C8H14Na-. The second-order valence-corrected chi connectivity index (χ2v) is 3.26. The van der Waals surface area contributed by atoms with Crippen LogP contribution in [0.3, 0.4) is 0 Å². The van der Waals surface area contributed by atoms with E-state index in [2.05, 4.69) is 20.8 Å². The van der Waals surface area contributed by atoms with E-state index in [1.54, 1.807) is 0 Å². The molecule has 0 aromatic heterocycles. The van der Waals surface area contributed by atoms with Crippen molar-refractivity contribution in [1.29, 1.82) is 0 Å². The molecule has 0 aliphatic heterocycles. The first-order valence-corrected chi connectivity index (χ1v) is 3.31. The summed E-state index contributed by atoms with van der Waals surface area (Å²) in [5.74, 6) is 0.911. The Kier molecular flexibility index (Phi) is 3.79. The summed E-state index contributed by atoms with van der Waals surface area (Å²) in [4.78, 5) is 0. The Hall–Kier alpha value is 1.00. The molecule has 48 valence electrons. The van der Waals surface area contributed by atoms with Crippen LogP contribution >= 0.6 is 0 Å². The van der Waals surface area contributed by atoms with Gasteiger partial charge in [-0.05, 0) is 5.92 Å². The van der Waals surface area contributed by atoms with E-state index in [-0.39, 0.29) is 29.6 Å². The van der Waals surface area contributed by atoms with Gasteiger partial charge in [-0.25, -0.2) is 6.42 Å². The molecule has 1 aliphatic carbocycles. The quantitative estimate of drug-likeness (QED) is 0.333. The minimum atomic E-state index is 0. The molecular weight excluding hydrogens is 119 g/mol. The predicted molar refractivity (Wildman–Crippen MR) is 36.2 cm³/mol.